The van der Waals surface area contributed by atoms with Gasteiger partial charge in [-0.1, -0.05) is 11.8 Å². The van der Waals surface area contributed by atoms with Crippen molar-refractivity contribution in [1.82, 2.24) is 4.98 Å². The van der Waals surface area contributed by atoms with Crippen molar-refractivity contribution >= 4 is 0 Å². The molecule has 0 bridgehead atoms. The van der Waals surface area contributed by atoms with Crippen LogP contribution in [0.3, 0.4) is 0 Å². The van der Waals surface area contributed by atoms with Gasteiger partial charge in [-0.05, 0) is 18.9 Å². The number of nitrogens with zero attached hydrogens (tertiary/aromatic N) is 1. The Labute approximate surface area is 113 Å². The van der Waals surface area contributed by atoms with Gasteiger partial charge in [0, 0.05) is 31.2 Å². The van der Waals surface area contributed by atoms with Gasteiger partial charge in [0.1, 0.15) is 5.75 Å². The van der Waals surface area contributed by atoms with E-state index in [1.807, 2.05) is 6.07 Å². The van der Waals surface area contributed by atoms with Crippen LogP contribution in [0, 0.1) is 11.8 Å². The predicted molar refractivity (Wildman–Crippen MR) is 71.9 cm³/mol. The van der Waals surface area contributed by atoms with Crippen LogP contribution in [-0.4, -0.2) is 36.0 Å². The van der Waals surface area contributed by atoms with Crippen molar-refractivity contribution in [3.63, 3.8) is 0 Å². The predicted octanol–water partition coefficient (Wildman–Crippen LogP) is 1.76. The van der Waals surface area contributed by atoms with Crippen LogP contribution in [0.1, 0.15) is 31.2 Å². The first-order valence-corrected chi connectivity index (χ1v) is 6.67. The first-order valence-electron chi connectivity index (χ1n) is 6.67. The third-order valence-corrected chi connectivity index (χ3v) is 2.92. The van der Waals surface area contributed by atoms with E-state index in [-0.39, 0.29) is 6.61 Å². The molecule has 0 aliphatic carbocycles. The topological polar surface area (TPSA) is 51.6 Å². The monoisotopic (exact) mass is 261 g/mol. The first kappa shape index (κ1) is 13.9. The Hall–Kier alpha value is -1.57. The molecule has 1 saturated heterocycles. The maximum absolute atomic E-state index is 8.66. The number of pyridine rings is 1. The third kappa shape index (κ3) is 4.90. The van der Waals surface area contributed by atoms with Gasteiger partial charge >= 0.3 is 0 Å². The van der Waals surface area contributed by atoms with Gasteiger partial charge in [0.2, 0.25) is 0 Å². The fourth-order valence-corrected chi connectivity index (χ4v) is 1.97. The fraction of sp³-hybridized carbons (Fsp3) is 0.533. The molecule has 1 fully saturated rings. The molecule has 4 heteroatoms. The smallest absolute Gasteiger partial charge is 0.138 e. The van der Waals surface area contributed by atoms with Crippen LogP contribution < -0.4 is 4.74 Å². The van der Waals surface area contributed by atoms with Crippen molar-refractivity contribution in [3.05, 3.63) is 24.0 Å². The van der Waals surface area contributed by atoms with E-state index in [2.05, 4.69) is 16.8 Å². The standard InChI is InChI=1S/C15H19NO3/c17-7-2-1-4-13-10-15(12-16-11-13)19-9-6-14-5-3-8-18-14/h10-12,14,17H,2-3,5-9H2. The highest BCUT2D eigenvalue weighted by atomic mass is 16.5. The van der Waals surface area contributed by atoms with E-state index < -0.39 is 0 Å². The summed E-state index contributed by atoms with van der Waals surface area (Å²) >= 11 is 0. The van der Waals surface area contributed by atoms with Gasteiger partial charge in [-0.15, -0.1) is 0 Å². The number of ether oxygens (including phenoxy) is 2. The Bertz CT molecular complexity index is 444. The lowest BCUT2D eigenvalue weighted by molar-refractivity contribution is 0.0903. The van der Waals surface area contributed by atoms with Crippen LogP contribution >= 0.6 is 0 Å². The first-order chi connectivity index (χ1) is 9.38. The summed E-state index contributed by atoms with van der Waals surface area (Å²) in [5.74, 6) is 6.53. The summed E-state index contributed by atoms with van der Waals surface area (Å²) in [5, 5.41) is 8.66. The van der Waals surface area contributed by atoms with Crippen LogP contribution in [0.2, 0.25) is 0 Å². The van der Waals surface area contributed by atoms with E-state index in [1.165, 1.54) is 0 Å². The molecule has 0 saturated carbocycles. The summed E-state index contributed by atoms with van der Waals surface area (Å²) in [7, 11) is 0. The summed E-state index contributed by atoms with van der Waals surface area (Å²) in [4.78, 5) is 4.09. The molecule has 1 aliphatic heterocycles. The lowest BCUT2D eigenvalue weighted by Crippen LogP contribution is -2.10. The second-order valence-electron chi connectivity index (χ2n) is 4.46. The minimum absolute atomic E-state index is 0.0814. The number of aliphatic hydroxyl groups excluding tert-OH is 1. The van der Waals surface area contributed by atoms with Crippen LogP contribution in [0.15, 0.2) is 18.5 Å². The molecular weight excluding hydrogens is 242 g/mol. The third-order valence-electron chi connectivity index (χ3n) is 2.92. The highest BCUT2D eigenvalue weighted by molar-refractivity contribution is 5.36. The van der Waals surface area contributed by atoms with E-state index in [4.69, 9.17) is 14.6 Å². The summed E-state index contributed by atoms with van der Waals surface area (Å²) in [5.41, 5.74) is 0.808. The lowest BCUT2D eigenvalue weighted by atomic mass is 10.2. The Kier molecular flexibility index (Phi) is 5.67. The molecule has 1 N–H and O–H groups in total. The molecule has 102 valence electrons. The molecule has 1 aromatic heterocycles. The maximum Gasteiger partial charge on any atom is 0.138 e. The summed E-state index contributed by atoms with van der Waals surface area (Å²) < 4.78 is 11.2. The number of aliphatic hydroxyl groups is 1. The van der Waals surface area contributed by atoms with Gasteiger partial charge in [0.15, 0.2) is 0 Å². The van der Waals surface area contributed by atoms with Crippen molar-refractivity contribution in [3.8, 4) is 17.6 Å². The molecule has 1 atom stereocenters. The van der Waals surface area contributed by atoms with Gasteiger partial charge in [-0.3, -0.25) is 4.98 Å². The Morgan fingerprint density at radius 2 is 2.42 bits per heavy atom. The molecule has 0 spiro atoms. The van der Waals surface area contributed by atoms with Crippen molar-refractivity contribution < 1.29 is 14.6 Å². The zero-order chi connectivity index (χ0) is 13.3. The molecule has 0 radical (unpaired) electrons. The van der Waals surface area contributed by atoms with Gasteiger partial charge in [0.05, 0.1) is 25.5 Å². The van der Waals surface area contributed by atoms with Gasteiger partial charge in [-0.2, -0.15) is 0 Å². The molecule has 2 heterocycles. The Morgan fingerprint density at radius 1 is 1.47 bits per heavy atom. The Balaban J connectivity index is 1.79. The van der Waals surface area contributed by atoms with Crippen LogP contribution in [0.4, 0.5) is 0 Å². The molecule has 19 heavy (non-hydrogen) atoms. The Morgan fingerprint density at radius 3 is 3.21 bits per heavy atom. The van der Waals surface area contributed by atoms with E-state index in [0.717, 1.165) is 37.2 Å². The minimum atomic E-state index is 0.0814. The molecule has 4 nitrogen and oxygen atoms in total. The van der Waals surface area contributed by atoms with Crippen molar-refractivity contribution in [2.24, 2.45) is 0 Å². The number of hydrogen-bond acceptors (Lipinski definition) is 4. The molecule has 1 aliphatic rings. The zero-order valence-corrected chi connectivity index (χ0v) is 11.0. The van der Waals surface area contributed by atoms with E-state index in [0.29, 0.717) is 19.1 Å². The molecule has 1 unspecified atom stereocenters. The number of aromatic nitrogens is 1. The van der Waals surface area contributed by atoms with Gasteiger partial charge in [0.25, 0.3) is 0 Å². The minimum Gasteiger partial charge on any atom is -0.492 e. The van der Waals surface area contributed by atoms with Crippen LogP contribution in [0.25, 0.3) is 0 Å². The lowest BCUT2D eigenvalue weighted by Gasteiger charge is -2.10. The molecule has 0 amide bonds. The van der Waals surface area contributed by atoms with E-state index >= 15 is 0 Å². The largest absolute Gasteiger partial charge is 0.492 e. The normalized spacial score (nSPS) is 17.8. The maximum atomic E-state index is 8.66. The second-order valence-corrected chi connectivity index (χ2v) is 4.46. The van der Waals surface area contributed by atoms with Crippen molar-refractivity contribution in [2.45, 2.75) is 31.8 Å². The summed E-state index contributed by atoms with van der Waals surface area (Å²) in [6.07, 6.45) is 7.41. The highest BCUT2D eigenvalue weighted by Crippen LogP contribution is 2.16. The van der Waals surface area contributed by atoms with E-state index in [1.54, 1.807) is 12.4 Å². The SMILES string of the molecule is OCCC#Cc1cncc(OCCC2CCCO2)c1. The molecule has 2 rings (SSSR count). The summed E-state index contributed by atoms with van der Waals surface area (Å²) in [6, 6.07) is 1.87. The highest BCUT2D eigenvalue weighted by Gasteiger charge is 2.14. The van der Waals surface area contributed by atoms with Crippen molar-refractivity contribution in [1.29, 1.82) is 0 Å². The quantitative estimate of drug-likeness (QED) is 0.821. The van der Waals surface area contributed by atoms with E-state index in [9.17, 15) is 0 Å². The number of hydrogen-bond donors (Lipinski definition) is 1. The molecular formula is C15H19NO3. The average Bonchev–Trinajstić information content (AvgIpc) is 2.93. The van der Waals surface area contributed by atoms with Gasteiger partial charge in [-0.25, -0.2) is 0 Å². The molecule has 0 aromatic carbocycles. The summed E-state index contributed by atoms with van der Waals surface area (Å²) in [6.45, 7) is 1.60. The molecule has 1 aromatic rings. The fourth-order valence-electron chi connectivity index (χ4n) is 1.97. The van der Waals surface area contributed by atoms with Crippen LogP contribution in [-0.2, 0) is 4.74 Å². The number of rotatable bonds is 5. The zero-order valence-electron chi connectivity index (χ0n) is 11.0. The average molecular weight is 261 g/mol. The van der Waals surface area contributed by atoms with Crippen LogP contribution in [0.5, 0.6) is 5.75 Å². The van der Waals surface area contributed by atoms with Gasteiger partial charge < -0.3 is 14.6 Å². The van der Waals surface area contributed by atoms with Crippen molar-refractivity contribution in [2.75, 3.05) is 19.8 Å². The second kappa shape index (κ2) is 7.78.